The summed E-state index contributed by atoms with van der Waals surface area (Å²) in [7, 11) is 0. The van der Waals surface area contributed by atoms with Crippen molar-refractivity contribution in [2.24, 2.45) is 0 Å². The molecule has 0 aliphatic carbocycles. The standard InChI is InChI=1S/C18H16F3NO4/c1-2-15(17(24)25)22-16(23)13-5-3-4-12(10-13)11-6-8-14(9-7-11)26-18(19,20)21/h3-10,15H,2H2,1H3,(H,22,23)(H,24,25)/t15-/m0/s1. The Morgan fingerprint density at radius 3 is 2.31 bits per heavy atom. The molecule has 2 aromatic carbocycles. The summed E-state index contributed by atoms with van der Waals surface area (Å²) in [5, 5.41) is 11.4. The zero-order valence-electron chi connectivity index (χ0n) is 13.7. The number of rotatable bonds is 6. The van der Waals surface area contributed by atoms with Crippen LogP contribution in [0.4, 0.5) is 13.2 Å². The molecule has 0 spiro atoms. The summed E-state index contributed by atoms with van der Waals surface area (Å²) in [5.74, 6) is -2.02. The average molecular weight is 367 g/mol. The lowest BCUT2D eigenvalue weighted by Crippen LogP contribution is -2.40. The van der Waals surface area contributed by atoms with Gasteiger partial charge in [0.15, 0.2) is 0 Å². The predicted octanol–water partition coefficient (Wildman–Crippen LogP) is 3.85. The van der Waals surface area contributed by atoms with E-state index < -0.39 is 24.3 Å². The highest BCUT2D eigenvalue weighted by Crippen LogP contribution is 2.27. The smallest absolute Gasteiger partial charge is 0.480 e. The number of alkyl halides is 3. The third-order valence-corrected chi connectivity index (χ3v) is 3.56. The van der Waals surface area contributed by atoms with Gasteiger partial charge in [-0.05, 0) is 41.8 Å². The summed E-state index contributed by atoms with van der Waals surface area (Å²) in [6.07, 6.45) is -4.53. The molecule has 2 N–H and O–H groups in total. The van der Waals surface area contributed by atoms with Crippen molar-refractivity contribution >= 4 is 11.9 Å². The van der Waals surface area contributed by atoms with E-state index >= 15 is 0 Å². The van der Waals surface area contributed by atoms with E-state index in [-0.39, 0.29) is 17.7 Å². The van der Waals surface area contributed by atoms with Gasteiger partial charge >= 0.3 is 12.3 Å². The Hall–Kier alpha value is -3.03. The van der Waals surface area contributed by atoms with Crippen LogP contribution in [0.25, 0.3) is 11.1 Å². The maximum Gasteiger partial charge on any atom is 0.573 e. The molecule has 0 saturated heterocycles. The molecule has 2 rings (SSSR count). The van der Waals surface area contributed by atoms with Crippen molar-refractivity contribution in [1.82, 2.24) is 5.32 Å². The van der Waals surface area contributed by atoms with E-state index in [1.165, 1.54) is 36.4 Å². The van der Waals surface area contributed by atoms with Gasteiger partial charge in [0.1, 0.15) is 11.8 Å². The lowest BCUT2D eigenvalue weighted by Gasteiger charge is -2.13. The Bertz CT molecular complexity index is 788. The number of aliphatic carboxylic acids is 1. The maximum atomic E-state index is 12.2. The van der Waals surface area contributed by atoms with Gasteiger partial charge in [-0.25, -0.2) is 4.79 Å². The number of hydrogen-bond donors (Lipinski definition) is 2. The third-order valence-electron chi connectivity index (χ3n) is 3.56. The number of hydrogen-bond acceptors (Lipinski definition) is 3. The van der Waals surface area contributed by atoms with Gasteiger partial charge in [-0.3, -0.25) is 4.79 Å². The molecule has 2 aromatic rings. The molecule has 0 aromatic heterocycles. The van der Waals surface area contributed by atoms with Gasteiger partial charge in [0.05, 0.1) is 0 Å². The van der Waals surface area contributed by atoms with Crippen molar-refractivity contribution < 1.29 is 32.6 Å². The van der Waals surface area contributed by atoms with Crippen molar-refractivity contribution in [3.05, 3.63) is 54.1 Å². The van der Waals surface area contributed by atoms with E-state index in [1.54, 1.807) is 19.1 Å². The van der Waals surface area contributed by atoms with Crippen LogP contribution in [-0.4, -0.2) is 29.4 Å². The second kappa shape index (κ2) is 7.90. The van der Waals surface area contributed by atoms with Crippen LogP contribution in [0.5, 0.6) is 5.75 Å². The van der Waals surface area contributed by atoms with E-state index in [2.05, 4.69) is 10.1 Å². The minimum atomic E-state index is -4.76. The molecule has 0 aliphatic heterocycles. The largest absolute Gasteiger partial charge is 0.573 e. The number of carbonyl (C=O) groups excluding carboxylic acids is 1. The highest BCUT2D eigenvalue weighted by molar-refractivity contribution is 5.97. The average Bonchev–Trinajstić information content (AvgIpc) is 2.58. The van der Waals surface area contributed by atoms with Gasteiger partial charge < -0.3 is 15.2 Å². The molecule has 26 heavy (non-hydrogen) atoms. The Labute approximate surface area is 147 Å². The van der Waals surface area contributed by atoms with Crippen LogP contribution in [0.1, 0.15) is 23.7 Å². The second-order valence-electron chi connectivity index (χ2n) is 5.43. The molecule has 0 unspecified atom stereocenters. The topological polar surface area (TPSA) is 75.6 Å². The summed E-state index contributed by atoms with van der Waals surface area (Å²) >= 11 is 0. The van der Waals surface area contributed by atoms with Gasteiger partial charge in [0, 0.05) is 5.56 Å². The molecule has 0 fully saturated rings. The molecular weight excluding hydrogens is 351 g/mol. The molecular formula is C18H16F3NO4. The zero-order chi connectivity index (χ0) is 19.3. The van der Waals surface area contributed by atoms with Crippen molar-refractivity contribution in [3.63, 3.8) is 0 Å². The molecule has 0 heterocycles. The molecule has 1 atom stereocenters. The van der Waals surface area contributed by atoms with E-state index in [9.17, 15) is 22.8 Å². The summed E-state index contributed by atoms with van der Waals surface area (Å²) in [6.45, 7) is 1.64. The SMILES string of the molecule is CC[C@H](NC(=O)c1cccc(-c2ccc(OC(F)(F)F)cc2)c1)C(=O)O. The van der Waals surface area contributed by atoms with Crippen LogP contribution >= 0.6 is 0 Å². The molecule has 8 heteroatoms. The summed E-state index contributed by atoms with van der Waals surface area (Å²) in [4.78, 5) is 23.2. The van der Waals surface area contributed by atoms with E-state index in [0.717, 1.165) is 0 Å². The molecule has 0 saturated carbocycles. The van der Waals surface area contributed by atoms with Crippen LogP contribution in [0.15, 0.2) is 48.5 Å². The summed E-state index contributed by atoms with van der Waals surface area (Å²) < 4.78 is 40.4. The van der Waals surface area contributed by atoms with Crippen molar-refractivity contribution in [2.45, 2.75) is 25.7 Å². The van der Waals surface area contributed by atoms with Crippen LogP contribution in [0.2, 0.25) is 0 Å². The van der Waals surface area contributed by atoms with E-state index in [4.69, 9.17) is 5.11 Å². The fourth-order valence-electron chi connectivity index (χ4n) is 2.27. The summed E-state index contributed by atoms with van der Waals surface area (Å²) in [6, 6.07) is 10.6. The minimum absolute atomic E-state index is 0.238. The van der Waals surface area contributed by atoms with E-state index in [0.29, 0.717) is 11.1 Å². The number of ether oxygens (including phenoxy) is 1. The zero-order valence-corrected chi connectivity index (χ0v) is 13.7. The molecule has 5 nitrogen and oxygen atoms in total. The number of amides is 1. The van der Waals surface area contributed by atoms with Gasteiger partial charge in [0.2, 0.25) is 0 Å². The van der Waals surface area contributed by atoms with Gasteiger partial charge in [-0.15, -0.1) is 13.2 Å². The first kappa shape index (κ1) is 19.3. The first-order valence-corrected chi connectivity index (χ1v) is 7.69. The minimum Gasteiger partial charge on any atom is -0.480 e. The number of nitrogens with one attached hydrogen (secondary N) is 1. The summed E-state index contributed by atoms with van der Waals surface area (Å²) in [5.41, 5.74) is 1.43. The lowest BCUT2D eigenvalue weighted by atomic mass is 10.0. The van der Waals surface area contributed by atoms with Crippen molar-refractivity contribution in [2.75, 3.05) is 0 Å². The fraction of sp³-hybridized carbons (Fsp3) is 0.222. The number of carboxylic acids is 1. The monoisotopic (exact) mass is 367 g/mol. The van der Waals surface area contributed by atoms with E-state index in [1.807, 2.05) is 0 Å². The maximum absolute atomic E-state index is 12.2. The van der Waals surface area contributed by atoms with Crippen LogP contribution in [0.3, 0.4) is 0 Å². The second-order valence-corrected chi connectivity index (χ2v) is 5.43. The number of benzene rings is 2. The number of halogens is 3. The van der Waals surface area contributed by atoms with Gasteiger partial charge in [-0.1, -0.05) is 31.2 Å². The molecule has 138 valence electrons. The van der Waals surface area contributed by atoms with Crippen LogP contribution < -0.4 is 10.1 Å². The highest BCUT2D eigenvalue weighted by Gasteiger charge is 2.31. The Morgan fingerprint density at radius 2 is 1.77 bits per heavy atom. The molecule has 0 radical (unpaired) electrons. The Morgan fingerprint density at radius 1 is 1.12 bits per heavy atom. The third kappa shape index (κ3) is 5.23. The highest BCUT2D eigenvalue weighted by atomic mass is 19.4. The van der Waals surface area contributed by atoms with Crippen LogP contribution in [0, 0.1) is 0 Å². The normalized spacial score (nSPS) is 12.3. The Kier molecular flexibility index (Phi) is 5.86. The van der Waals surface area contributed by atoms with Crippen molar-refractivity contribution in [3.8, 4) is 16.9 Å². The Balaban J connectivity index is 2.18. The van der Waals surface area contributed by atoms with Crippen LogP contribution in [-0.2, 0) is 4.79 Å². The van der Waals surface area contributed by atoms with Crippen molar-refractivity contribution in [1.29, 1.82) is 0 Å². The molecule has 0 bridgehead atoms. The predicted molar refractivity (Wildman–Crippen MR) is 87.7 cm³/mol. The number of carboxylic acid groups (broad SMARTS) is 1. The number of carbonyl (C=O) groups is 2. The van der Waals surface area contributed by atoms with Gasteiger partial charge in [-0.2, -0.15) is 0 Å². The van der Waals surface area contributed by atoms with Gasteiger partial charge in [0.25, 0.3) is 5.91 Å². The first-order valence-electron chi connectivity index (χ1n) is 7.69. The quantitative estimate of drug-likeness (QED) is 0.813. The first-order chi connectivity index (χ1) is 12.2. The molecule has 1 amide bonds. The fourth-order valence-corrected chi connectivity index (χ4v) is 2.27. The lowest BCUT2D eigenvalue weighted by molar-refractivity contribution is -0.274. The molecule has 0 aliphatic rings.